The van der Waals surface area contributed by atoms with Crippen molar-refractivity contribution in [2.75, 3.05) is 5.32 Å². The van der Waals surface area contributed by atoms with Crippen LogP contribution in [0.4, 0.5) is 5.69 Å². The molecule has 1 aliphatic carbocycles. The summed E-state index contributed by atoms with van der Waals surface area (Å²) in [7, 11) is 0. The first kappa shape index (κ1) is 12.1. The van der Waals surface area contributed by atoms with Crippen molar-refractivity contribution in [2.24, 2.45) is 11.7 Å². The topological polar surface area (TPSA) is 55.1 Å². The van der Waals surface area contributed by atoms with E-state index in [1.165, 1.54) is 6.42 Å². The number of amides is 1. The lowest BCUT2D eigenvalue weighted by Crippen LogP contribution is -2.29. The SMILES string of the molecule is CC(C)(N)c1ccc(NC(=O)C2CCC2)cc1. The van der Waals surface area contributed by atoms with Crippen molar-refractivity contribution in [3.8, 4) is 0 Å². The number of carbonyl (C=O) groups is 1. The molecule has 0 radical (unpaired) electrons. The Balaban J connectivity index is 2.00. The molecule has 92 valence electrons. The van der Waals surface area contributed by atoms with Crippen LogP contribution in [0.1, 0.15) is 38.7 Å². The lowest BCUT2D eigenvalue weighted by Gasteiger charge is -2.24. The molecule has 0 heterocycles. The summed E-state index contributed by atoms with van der Waals surface area (Å²) in [6.45, 7) is 3.93. The number of hydrogen-bond acceptors (Lipinski definition) is 2. The number of carbonyl (C=O) groups excluding carboxylic acids is 1. The number of rotatable bonds is 3. The van der Waals surface area contributed by atoms with Crippen LogP contribution in [0.15, 0.2) is 24.3 Å². The summed E-state index contributed by atoms with van der Waals surface area (Å²) in [5.74, 6) is 0.372. The molecule has 0 spiro atoms. The van der Waals surface area contributed by atoms with Gasteiger partial charge in [-0.15, -0.1) is 0 Å². The van der Waals surface area contributed by atoms with E-state index in [1.807, 2.05) is 38.1 Å². The van der Waals surface area contributed by atoms with E-state index in [0.717, 1.165) is 24.1 Å². The van der Waals surface area contributed by atoms with Gasteiger partial charge in [-0.25, -0.2) is 0 Å². The van der Waals surface area contributed by atoms with Crippen LogP contribution in [-0.2, 0) is 10.3 Å². The van der Waals surface area contributed by atoms with Crippen molar-refractivity contribution in [3.63, 3.8) is 0 Å². The molecule has 17 heavy (non-hydrogen) atoms. The molecule has 0 aliphatic heterocycles. The summed E-state index contributed by atoms with van der Waals surface area (Å²) < 4.78 is 0. The Bertz CT molecular complexity index is 399. The summed E-state index contributed by atoms with van der Waals surface area (Å²) in [5.41, 5.74) is 7.59. The second-order valence-corrected chi connectivity index (χ2v) is 5.42. The lowest BCUT2D eigenvalue weighted by molar-refractivity contribution is -0.122. The molecule has 0 saturated heterocycles. The van der Waals surface area contributed by atoms with Crippen molar-refractivity contribution in [3.05, 3.63) is 29.8 Å². The van der Waals surface area contributed by atoms with Crippen molar-refractivity contribution >= 4 is 11.6 Å². The fourth-order valence-electron chi connectivity index (χ4n) is 1.90. The highest BCUT2D eigenvalue weighted by Crippen LogP contribution is 2.28. The molecule has 1 aliphatic rings. The van der Waals surface area contributed by atoms with Crippen LogP contribution in [0, 0.1) is 5.92 Å². The molecule has 3 nitrogen and oxygen atoms in total. The monoisotopic (exact) mass is 232 g/mol. The normalized spacial score (nSPS) is 16.4. The first-order chi connectivity index (χ1) is 7.97. The van der Waals surface area contributed by atoms with Crippen LogP contribution in [0.5, 0.6) is 0 Å². The minimum Gasteiger partial charge on any atom is -0.326 e. The molecule has 0 aromatic heterocycles. The number of hydrogen-bond donors (Lipinski definition) is 2. The second-order valence-electron chi connectivity index (χ2n) is 5.42. The Hall–Kier alpha value is -1.35. The lowest BCUT2D eigenvalue weighted by atomic mass is 9.85. The van der Waals surface area contributed by atoms with Gasteiger partial charge in [-0.3, -0.25) is 4.79 Å². The van der Waals surface area contributed by atoms with Crippen molar-refractivity contribution in [1.29, 1.82) is 0 Å². The molecule has 3 heteroatoms. The summed E-state index contributed by atoms with van der Waals surface area (Å²) in [6.07, 6.45) is 3.23. The summed E-state index contributed by atoms with van der Waals surface area (Å²) in [6, 6.07) is 7.77. The van der Waals surface area contributed by atoms with Gasteiger partial charge >= 0.3 is 0 Å². The van der Waals surface area contributed by atoms with E-state index in [9.17, 15) is 4.79 Å². The minimum atomic E-state index is -0.337. The fourth-order valence-corrected chi connectivity index (χ4v) is 1.90. The Morgan fingerprint density at radius 3 is 2.29 bits per heavy atom. The van der Waals surface area contributed by atoms with Gasteiger partial charge in [-0.2, -0.15) is 0 Å². The smallest absolute Gasteiger partial charge is 0.227 e. The summed E-state index contributed by atoms with van der Waals surface area (Å²) >= 11 is 0. The van der Waals surface area contributed by atoms with Gasteiger partial charge < -0.3 is 11.1 Å². The predicted octanol–water partition coefficient (Wildman–Crippen LogP) is 2.62. The third-order valence-electron chi connectivity index (χ3n) is 3.37. The standard InChI is InChI=1S/C14H20N2O/c1-14(2,15)11-6-8-12(9-7-11)16-13(17)10-4-3-5-10/h6-10H,3-5,15H2,1-2H3,(H,16,17). The maximum absolute atomic E-state index is 11.7. The van der Waals surface area contributed by atoms with Crippen LogP contribution >= 0.6 is 0 Å². The van der Waals surface area contributed by atoms with Gasteiger partial charge in [0.1, 0.15) is 0 Å². The fraction of sp³-hybridized carbons (Fsp3) is 0.500. The van der Waals surface area contributed by atoms with Crippen LogP contribution in [-0.4, -0.2) is 5.91 Å². The van der Waals surface area contributed by atoms with E-state index in [1.54, 1.807) is 0 Å². The Kier molecular flexibility index (Phi) is 3.20. The molecule has 0 unspecified atom stereocenters. The van der Waals surface area contributed by atoms with Crippen LogP contribution < -0.4 is 11.1 Å². The van der Waals surface area contributed by atoms with Gasteiger partial charge in [0, 0.05) is 17.1 Å². The number of benzene rings is 1. The van der Waals surface area contributed by atoms with Crippen molar-refractivity contribution < 1.29 is 4.79 Å². The van der Waals surface area contributed by atoms with E-state index in [2.05, 4.69) is 5.32 Å². The van der Waals surface area contributed by atoms with E-state index in [0.29, 0.717) is 0 Å². The largest absolute Gasteiger partial charge is 0.326 e. The van der Waals surface area contributed by atoms with E-state index < -0.39 is 0 Å². The number of nitrogens with two attached hydrogens (primary N) is 1. The van der Waals surface area contributed by atoms with E-state index in [4.69, 9.17) is 5.73 Å². The third kappa shape index (κ3) is 2.86. The molecule has 3 N–H and O–H groups in total. The molecule has 1 amide bonds. The average molecular weight is 232 g/mol. The highest BCUT2D eigenvalue weighted by atomic mass is 16.1. The van der Waals surface area contributed by atoms with E-state index in [-0.39, 0.29) is 17.4 Å². The van der Waals surface area contributed by atoms with Crippen LogP contribution in [0.25, 0.3) is 0 Å². The van der Waals surface area contributed by atoms with E-state index >= 15 is 0 Å². The molecule has 1 saturated carbocycles. The molecule has 0 bridgehead atoms. The Morgan fingerprint density at radius 2 is 1.88 bits per heavy atom. The highest BCUT2D eigenvalue weighted by molar-refractivity contribution is 5.93. The molecule has 2 rings (SSSR count). The number of anilines is 1. The van der Waals surface area contributed by atoms with Gasteiger partial charge in [0.05, 0.1) is 0 Å². The van der Waals surface area contributed by atoms with Gasteiger partial charge in [-0.05, 0) is 44.4 Å². The zero-order chi connectivity index (χ0) is 12.5. The first-order valence-electron chi connectivity index (χ1n) is 6.17. The highest BCUT2D eigenvalue weighted by Gasteiger charge is 2.25. The third-order valence-corrected chi connectivity index (χ3v) is 3.37. The van der Waals surface area contributed by atoms with Crippen molar-refractivity contribution in [2.45, 2.75) is 38.6 Å². The minimum absolute atomic E-state index is 0.149. The van der Waals surface area contributed by atoms with Gasteiger partial charge in [0.15, 0.2) is 0 Å². The quantitative estimate of drug-likeness (QED) is 0.841. The first-order valence-corrected chi connectivity index (χ1v) is 6.17. The Labute approximate surface area is 102 Å². The van der Waals surface area contributed by atoms with Gasteiger partial charge in [0.25, 0.3) is 0 Å². The van der Waals surface area contributed by atoms with Crippen LogP contribution in [0.3, 0.4) is 0 Å². The predicted molar refractivity (Wildman–Crippen MR) is 69.6 cm³/mol. The number of nitrogens with one attached hydrogen (secondary N) is 1. The maximum Gasteiger partial charge on any atom is 0.227 e. The van der Waals surface area contributed by atoms with Gasteiger partial charge in [-0.1, -0.05) is 18.6 Å². The molecule has 0 atom stereocenters. The zero-order valence-electron chi connectivity index (χ0n) is 10.5. The second kappa shape index (κ2) is 4.49. The Morgan fingerprint density at radius 1 is 1.29 bits per heavy atom. The van der Waals surface area contributed by atoms with Gasteiger partial charge in [0.2, 0.25) is 5.91 Å². The molecule has 1 aromatic rings. The summed E-state index contributed by atoms with van der Waals surface area (Å²) in [5, 5.41) is 2.94. The zero-order valence-corrected chi connectivity index (χ0v) is 10.5. The average Bonchev–Trinajstić information content (AvgIpc) is 2.13. The van der Waals surface area contributed by atoms with Crippen LogP contribution in [0.2, 0.25) is 0 Å². The maximum atomic E-state index is 11.7. The molecule has 1 aromatic carbocycles. The molecular formula is C14H20N2O. The van der Waals surface area contributed by atoms with Crippen molar-refractivity contribution in [1.82, 2.24) is 0 Å². The molecular weight excluding hydrogens is 212 g/mol. The summed E-state index contributed by atoms with van der Waals surface area (Å²) in [4.78, 5) is 11.7. The molecule has 1 fully saturated rings.